The number of nitrogens with two attached hydrogens (primary N) is 1. The zero-order chi connectivity index (χ0) is 25.2. The molecule has 0 bridgehead atoms. The highest BCUT2D eigenvalue weighted by Gasteiger charge is 2.33. The van der Waals surface area contributed by atoms with Crippen LogP contribution in [0.3, 0.4) is 0 Å². The van der Waals surface area contributed by atoms with Gasteiger partial charge in [-0.3, -0.25) is 4.79 Å². The lowest BCUT2D eigenvalue weighted by atomic mass is 9.83. The number of thioether (sulfide) groups is 1. The number of fused-ring (bicyclic) bond motifs is 1. The molecule has 3 N–H and O–H groups in total. The van der Waals surface area contributed by atoms with Crippen LogP contribution in [0.4, 0.5) is 10.8 Å². The van der Waals surface area contributed by atoms with E-state index in [4.69, 9.17) is 5.73 Å². The van der Waals surface area contributed by atoms with E-state index in [1.54, 1.807) is 0 Å². The maximum Gasteiger partial charge on any atom is 0.235 e. The third-order valence-electron chi connectivity index (χ3n) is 6.68. The molecule has 0 radical (unpaired) electrons. The van der Waals surface area contributed by atoms with Crippen molar-refractivity contribution < 1.29 is 4.79 Å². The summed E-state index contributed by atoms with van der Waals surface area (Å²) in [6.45, 7) is 0. The third kappa shape index (κ3) is 4.54. The fourth-order valence-corrected chi connectivity index (χ4v) is 6.91. The van der Waals surface area contributed by atoms with Crippen LogP contribution in [0.1, 0.15) is 69.4 Å². The van der Waals surface area contributed by atoms with Crippen molar-refractivity contribution in [2.45, 2.75) is 49.0 Å². The zero-order valence-corrected chi connectivity index (χ0v) is 21.0. The number of thiophene rings is 1. The maximum absolute atomic E-state index is 12.9. The van der Waals surface area contributed by atoms with Gasteiger partial charge in [0.15, 0.2) is 0 Å². The molecule has 0 unspecified atom stereocenters. The smallest absolute Gasteiger partial charge is 0.235 e. The standard InChI is InChI=1S/C27H22N6OS2/c28-11-19-18-9-8-17(15-4-2-1-3-5-15)10-22(18)36-27(19)32-23(34)14-35-26-21(13-30)24(16-6-7-16)20(12-29)25(31)33-26/h1-5,16-17H,6-10,14H2,(H2,31,33)(H,32,34)/t17-/m0/s1. The summed E-state index contributed by atoms with van der Waals surface area (Å²) in [5.74, 6) is 0.365. The summed E-state index contributed by atoms with van der Waals surface area (Å²) >= 11 is 2.60. The highest BCUT2D eigenvalue weighted by Crippen LogP contribution is 2.46. The number of anilines is 2. The Balaban J connectivity index is 1.32. The summed E-state index contributed by atoms with van der Waals surface area (Å²) in [5.41, 5.74) is 10.1. The quantitative estimate of drug-likeness (QED) is 0.433. The second kappa shape index (κ2) is 10.0. The summed E-state index contributed by atoms with van der Waals surface area (Å²) in [6, 6.07) is 16.9. The molecule has 0 saturated heterocycles. The molecule has 1 atom stereocenters. The van der Waals surface area contributed by atoms with Crippen molar-refractivity contribution in [3.05, 3.63) is 68.6 Å². The molecule has 0 spiro atoms. The van der Waals surface area contributed by atoms with Crippen molar-refractivity contribution in [1.82, 2.24) is 4.98 Å². The van der Waals surface area contributed by atoms with Crippen molar-refractivity contribution in [1.29, 1.82) is 15.8 Å². The Hall–Kier alpha value is -3.84. The van der Waals surface area contributed by atoms with Gasteiger partial charge in [-0.05, 0) is 60.6 Å². The van der Waals surface area contributed by atoms with Crippen LogP contribution in [0.25, 0.3) is 0 Å². The van der Waals surface area contributed by atoms with E-state index < -0.39 is 0 Å². The second-order valence-corrected chi connectivity index (χ2v) is 11.0. The van der Waals surface area contributed by atoms with E-state index >= 15 is 0 Å². The van der Waals surface area contributed by atoms with Crippen LogP contribution in [0.15, 0.2) is 35.4 Å². The van der Waals surface area contributed by atoms with E-state index in [0.29, 0.717) is 32.6 Å². The summed E-state index contributed by atoms with van der Waals surface area (Å²) in [4.78, 5) is 18.3. The monoisotopic (exact) mass is 510 g/mol. The lowest BCUT2D eigenvalue weighted by molar-refractivity contribution is -0.113. The number of hydrogen-bond donors (Lipinski definition) is 2. The van der Waals surface area contributed by atoms with Gasteiger partial charge in [0.05, 0.1) is 22.4 Å². The summed E-state index contributed by atoms with van der Waals surface area (Å²) in [6.07, 6.45) is 4.44. The number of nitrogens with one attached hydrogen (secondary N) is 1. The number of carbonyl (C=O) groups is 1. The number of amides is 1. The van der Waals surface area contributed by atoms with Gasteiger partial charge < -0.3 is 11.1 Å². The summed E-state index contributed by atoms with van der Waals surface area (Å²) in [5, 5.41) is 32.9. The van der Waals surface area contributed by atoms with Gasteiger partial charge in [0, 0.05) is 4.88 Å². The van der Waals surface area contributed by atoms with Gasteiger partial charge in [0.25, 0.3) is 0 Å². The largest absolute Gasteiger partial charge is 0.383 e. The normalized spacial score (nSPS) is 16.3. The highest BCUT2D eigenvalue weighted by molar-refractivity contribution is 8.00. The molecule has 36 heavy (non-hydrogen) atoms. The Kier molecular flexibility index (Phi) is 6.65. The minimum absolute atomic E-state index is 0.0111. The number of nitriles is 3. The number of rotatable bonds is 6. The van der Waals surface area contributed by atoms with E-state index in [9.17, 15) is 20.6 Å². The van der Waals surface area contributed by atoms with Crippen molar-refractivity contribution in [2.24, 2.45) is 0 Å². The average Bonchev–Trinajstić information content (AvgIpc) is 3.68. The molecule has 1 saturated carbocycles. The number of pyridine rings is 1. The minimum Gasteiger partial charge on any atom is -0.383 e. The topological polar surface area (TPSA) is 139 Å². The summed E-state index contributed by atoms with van der Waals surface area (Å²) in [7, 11) is 0. The van der Waals surface area contributed by atoms with Crippen LogP contribution in [0.5, 0.6) is 0 Å². The zero-order valence-electron chi connectivity index (χ0n) is 19.4. The Bertz CT molecular complexity index is 1470. The molecule has 7 nitrogen and oxygen atoms in total. The molecule has 0 aliphatic heterocycles. The lowest BCUT2D eigenvalue weighted by Gasteiger charge is -2.22. The number of nitrogen functional groups attached to an aromatic ring is 1. The molecule has 3 aromatic rings. The van der Waals surface area contributed by atoms with Gasteiger partial charge in [-0.25, -0.2) is 4.98 Å². The van der Waals surface area contributed by atoms with E-state index in [0.717, 1.165) is 54.3 Å². The first-order valence-electron chi connectivity index (χ1n) is 11.7. The minimum atomic E-state index is -0.281. The number of carbonyl (C=O) groups excluding carboxylic acids is 1. The van der Waals surface area contributed by atoms with E-state index in [2.05, 4.69) is 40.6 Å². The Labute approximate surface area is 217 Å². The van der Waals surface area contributed by atoms with E-state index in [1.165, 1.54) is 16.9 Å². The lowest BCUT2D eigenvalue weighted by Crippen LogP contribution is -2.15. The van der Waals surface area contributed by atoms with Crippen molar-refractivity contribution >= 4 is 39.8 Å². The average molecular weight is 511 g/mol. The fourth-order valence-electron chi connectivity index (χ4n) is 4.81. The fraction of sp³-hybridized carbons (Fsp3) is 0.296. The first-order chi connectivity index (χ1) is 17.5. The molecule has 178 valence electrons. The second-order valence-electron chi connectivity index (χ2n) is 8.97. The number of nitrogens with zero attached hydrogens (tertiary/aromatic N) is 4. The highest BCUT2D eigenvalue weighted by atomic mass is 32.2. The molecular weight excluding hydrogens is 488 g/mol. The number of hydrogen-bond acceptors (Lipinski definition) is 8. The van der Waals surface area contributed by atoms with Crippen LogP contribution in [-0.2, 0) is 17.6 Å². The Morgan fingerprint density at radius 3 is 2.44 bits per heavy atom. The Morgan fingerprint density at radius 2 is 1.78 bits per heavy atom. The molecule has 2 aliphatic carbocycles. The molecule has 2 heterocycles. The van der Waals surface area contributed by atoms with Gasteiger partial charge in [0.2, 0.25) is 5.91 Å². The Morgan fingerprint density at radius 1 is 1.06 bits per heavy atom. The first kappa shape index (κ1) is 23.9. The maximum atomic E-state index is 12.9. The molecule has 1 aromatic carbocycles. The van der Waals surface area contributed by atoms with Crippen LogP contribution >= 0.6 is 23.1 Å². The SMILES string of the molecule is N#Cc1c(NC(=O)CSc2nc(N)c(C#N)c(C3CC3)c2C#N)sc2c1CC[C@H](c1ccccc1)C2. The molecular formula is C27H22N6OS2. The van der Waals surface area contributed by atoms with Crippen molar-refractivity contribution in [3.8, 4) is 18.2 Å². The van der Waals surface area contributed by atoms with Crippen molar-refractivity contribution in [2.75, 3.05) is 16.8 Å². The van der Waals surface area contributed by atoms with Gasteiger partial charge in [-0.15, -0.1) is 11.3 Å². The molecule has 1 fully saturated rings. The van der Waals surface area contributed by atoms with Crippen molar-refractivity contribution in [3.63, 3.8) is 0 Å². The molecule has 2 aliphatic rings. The van der Waals surface area contributed by atoms with Gasteiger partial charge in [0.1, 0.15) is 34.1 Å². The predicted octanol–water partition coefficient (Wildman–Crippen LogP) is 5.22. The van der Waals surface area contributed by atoms with Gasteiger partial charge >= 0.3 is 0 Å². The van der Waals surface area contributed by atoms with Gasteiger partial charge in [-0.1, -0.05) is 42.1 Å². The van der Waals surface area contributed by atoms with Crippen LogP contribution < -0.4 is 11.1 Å². The third-order valence-corrected chi connectivity index (χ3v) is 8.83. The van der Waals surface area contributed by atoms with Gasteiger partial charge in [-0.2, -0.15) is 15.8 Å². The molecule has 1 amide bonds. The van der Waals surface area contributed by atoms with Crippen LogP contribution in [-0.4, -0.2) is 16.6 Å². The van der Waals surface area contributed by atoms with Crippen LogP contribution in [0.2, 0.25) is 0 Å². The first-order valence-corrected chi connectivity index (χ1v) is 13.5. The van der Waals surface area contributed by atoms with Crippen LogP contribution in [0, 0.1) is 34.0 Å². The predicted molar refractivity (Wildman–Crippen MR) is 140 cm³/mol. The molecule has 5 rings (SSSR count). The summed E-state index contributed by atoms with van der Waals surface area (Å²) < 4.78 is 0. The van der Waals surface area contributed by atoms with E-state index in [-0.39, 0.29) is 29.0 Å². The molecule has 9 heteroatoms. The number of benzene rings is 1. The van der Waals surface area contributed by atoms with E-state index in [1.807, 2.05) is 18.2 Å². The number of aromatic nitrogens is 1. The molecule has 2 aromatic heterocycles.